The summed E-state index contributed by atoms with van der Waals surface area (Å²) in [7, 11) is 0. The number of halogens is 1. The summed E-state index contributed by atoms with van der Waals surface area (Å²) in [6, 6.07) is 20.3. The van der Waals surface area contributed by atoms with E-state index >= 15 is 0 Å². The fourth-order valence-electron chi connectivity index (χ4n) is 4.95. The molecule has 12 heteroatoms. The van der Waals surface area contributed by atoms with E-state index in [9.17, 15) is 13.4 Å². The number of carbonyl (C=O) groups excluding carboxylic acids is 1. The number of carbonyl (C=O) groups is 1. The van der Waals surface area contributed by atoms with Gasteiger partial charge in [-0.15, -0.1) is 0 Å². The zero-order chi connectivity index (χ0) is 30.2. The average molecular weight is 605 g/mol. The van der Waals surface area contributed by atoms with Crippen molar-refractivity contribution in [3.05, 3.63) is 108 Å². The molecular formula is C31H33FN6O4S. The maximum absolute atomic E-state index is 14.1. The molecule has 3 N–H and O–H groups in total. The highest BCUT2D eigenvalue weighted by Crippen LogP contribution is 2.27. The monoisotopic (exact) mass is 604 g/mol. The van der Waals surface area contributed by atoms with Gasteiger partial charge in [0.05, 0.1) is 11.9 Å². The number of amides is 2. The molecule has 1 saturated heterocycles. The lowest BCUT2D eigenvalue weighted by molar-refractivity contribution is 0.199. The van der Waals surface area contributed by atoms with Gasteiger partial charge in [-0.05, 0) is 73.4 Å². The Hall–Kier alpha value is -4.23. The highest BCUT2D eigenvalue weighted by atomic mass is 32.2. The molecule has 2 aromatic heterocycles. The number of hydrogen-bond acceptors (Lipinski definition) is 6. The van der Waals surface area contributed by atoms with Gasteiger partial charge >= 0.3 is 6.03 Å². The number of nitrogens with zero attached hydrogens (tertiary/aromatic N) is 4. The maximum Gasteiger partial charge on any atom is 0.326 e. The minimum Gasteiger partial charge on any atom is -0.439 e. The Morgan fingerprint density at radius 1 is 1.05 bits per heavy atom. The number of likely N-dealkylation sites (tertiary alicyclic amines) is 1. The van der Waals surface area contributed by atoms with Crippen LogP contribution in [0.1, 0.15) is 29.7 Å². The van der Waals surface area contributed by atoms with Gasteiger partial charge < -0.3 is 10.1 Å². The van der Waals surface area contributed by atoms with Crippen LogP contribution in [0.5, 0.6) is 11.6 Å². The Balaban J connectivity index is 1.16. The smallest absolute Gasteiger partial charge is 0.326 e. The van der Waals surface area contributed by atoms with Crippen molar-refractivity contribution in [1.29, 1.82) is 0 Å². The predicted molar refractivity (Wildman–Crippen MR) is 164 cm³/mol. The summed E-state index contributed by atoms with van der Waals surface area (Å²) in [5.41, 5.74) is 3.84. The number of urea groups is 1. The second kappa shape index (κ2) is 14.3. The molecule has 1 atom stereocenters. The van der Waals surface area contributed by atoms with Gasteiger partial charge in [-0.1, -0.05) is 24.3 Å². The van der Waals surface area contributed by atoms with E-state index in [1.54, 1.807) is 47.6 Å². The summed E-state index contributed by atoms with van der Waals surface area (Å²) in [5.74, 6) is 0.683. The minimum atomic E-state index is -2.06. The van der Waals surface area contributed by atoms with Crippen LogP contribution in [0.4, 0.5) is 20.6 Å². The zero-order valence-electron chi connectivity index (χ0n) is 23.6. The number of ether oxygens (including phenoxy) is 1. The highest BCUT2D eigenvalue weighted by Gasteiger charge is 2.30. The summed E-state index contributed by atoms with van der Waals surface area (Å²) in [6.45, 7) is 4.38. The van der Waals surface area contributed by atoms with E-state index in [4.69, 9.17) is 9.29 Å². The van der Waals surface area contributed by atoms with Gasteiger partial charge in [0.15, 0.2) is 0 Å². The molecule has 43 heavy (non-hydrogen) atoms. The Morgan fingerprint density at radius 2 is 1.81 bits per heavy atom. The molecule has 0 bridgehead atoms. The lowest BCUT2D eigenvalue weighted by Crippen LogP contribution is -2.49. The minimum absolute atomic E-state index is 0.0988. The van der Waals surface area contributed by atoms with Crippen molar-refractivity contribution in [1.82, 2.24) is 19.6 Å². The first-order valence-corrected chi connectivity index (χ1v) is 15.0. The van der Waals surface area contributed by atoms with Crippen molar-refractivity contribution in [2.75, 3.05) is 23.3 Å². The van der Waals surface area contributed by atoms with Crippen LogP contribution in [0.25, 0.3) is 0 Å². The van der Waals surface area contributed by atoms with Crippen molar-refractivity contribution in [2.24, 2.45) is 0 Å². The van der Waals surface area contributed by atoms with E-state index in [1.165, 1.54) is 12.1 Å². The van der Waals surface area contributed by atoms with Crippen LogP contribution in [-0.4, -0.2) is 48.8 Å². The molecule has 1 aliphatic heterocycles. The SMILES string of the molecule is Cc1ccc(NC(=O)N(c2cccc(F)c2)C2CCN(Cc3ccc(Oc4ccc(CNS(=O)O)cc4)nc3)CC2)cn1. The number of nitrogens with one attached hydrogen (secondary N) is 2. The summed E-state index contributed by atoms with van der Waals surface area (Å²) < 4.78 is 42.0. The predicted octanol–water partition coefficient (Wildman–Crippen LogP) is 5.65. The topological polar surface area (TPSA) is 120 Å². The normalized spacial score (nSPS) is 14.7. The molecule has 5 rings (SSSR count). The quantitative estimate of drug-likeness (QED) is 0.200. The van der Waals surface area contributed by atoms with Gasteiger partial charge in [-0.2, -0.15) is 0 Å². The van der Waals surface area contributed by atoms with Crippen LogP contribution in [0.2, 0.25) is 0 Å². The molecule has 2 amide bonds. The first-order valence-electron chi connectivity index (χ1n) is 13.9. The third-order valence-corrected chi connectivity index (χ3v) is 7.53. The summed E-state index contributed by atoms with van der Waals surface area (Å²) in [5, 5.41) is 2.92. The van der Waals surface area contributed by atoms with E-state index in [0.717, 1.165) is 42.8 Å². The third kappa shape index (κ3) is 8.64. The molecule has 1 unspecified atom stereocenters. The molecule has 2 aromatic carbocycles. The number of piperidine rings is 1. The number of benzene rings is 2. The molecule has 0 aliphatic carbocycles. The van der Waals surface area contributed by atoms with Gasteiger partial charge in [0.25, 0.3) is 0 Å². The van der Waals surface area contributed by atoms with Crippen LogP contribution in [0, 0.1) is 12.7 Å². The van der Waals surface area contributed by atoms with E-state index < -0.39 is 17.1 Å². The van der Waals surface area contributed by atoms with Crippen LogP contribution in [0.3, 0.4) is 0 Å². The standard InChI is InChI=1S/C31H33FN6O4S/c1-22-5-9-26(20-33-22)36-31(39)38(28-4-2-3-25(32)17-28)27-13-15-37(16-14-27)21-24-8-12-30(34-18-24)42-29-10-6-23(7-11-29)19-35-43(40)41/h2-12,17-18,20,27,35H,13-16,19,21H2,1H3,(H,36,39)(H,40,41). The number of pyridine rings is 2. The van der Waals surface area contributed by atoms with E-state index in [0.29, 0.717) is 29.5 Å². The van der Waals surface area contributed by atoms with Gasteiger partial charge in [-0.3, -0.25) is 19.3 Å². The molecule has 4 aromatic rings. The summed E-state index contributed by atoms with van der Waals surface area (Å²) in [6.07, 6.45) is 4.86. The Kier molecular flexibility index (Phi) is 10.1. The van der Waals surface area contributed by atoms with Crippen molar-refractivity contribution in [3.8, 4) is 11.6 Å². The van der Waals surface area contributed by atoms with Crippen molar-refractivity contribution < 1.29 is 22.7 Å². The Morgan fingerprint density at radius 3 is 2.47 bits per heavy atom. The molecule has 0 saturated carbocycles. The van der Waals surface area contributed by atoms with Gasteiger partial charge in [0, 0.05) is 55.9 Å². The molecule has 0 spiro atoms. The molecular weight excluding hydrogens is 571 g/mol. The molecule has 0 radical (unpaired) electrons. The van der Waals surface area contributed by atoms with Crippen molar-refractivity contribution in [3.63, 3.8) is 0 Å². The fraction of sp³-hybridized carbons (Fsp3) is 0.258. The van der Waals surface area contributed by atoms with Crippen molar-refractivity contribution in [2.45, 2.75) is 38.9 Å². The van der Waals surface area contributed by atoms with Crippen LogP contribution < -0.4 is 19.7 Å². The number of aromatic nitrogens is 2. The fourth-order valence-corrected chi connectivity index (χ4v) is 5.24. The number of aryl methyl sites for hydroxylation is 1. The summed E-state index contributed by atoms with van der Waals surface area (Å²) >= 11 is -2.06. The number of rotatable bonds is 10. The van der Waals surface area contributed by atoms with Crippen LogP contribution >= 0.6 is 0 Å². The van der Waals surface area contributed by atoms with Crippen molar-refractivity contribution >= 4 is 28.7 Å². The lowest BCUT2D eigenvalue weighted by atomic mass is 10.0. The van der Waals surface area contributed by atoms with Gasteiger partial charge in [0.2, 0.25) is 17.1 Å². The first kappa shape index (κ1) is 30.2. The van der Waals surface area contributed by atoms with E-state index in [2.05, 4.69) is 24.9 Å². The zero-order valence-corrected chi connectivity index (χ0v) is 24.5. The summed E-state index contributed by atoms with van der Waals surface area (Å²) in [4.78, 5) is 26.1. The largest absolute Gasteiger partial charge is 0.439 e. The first-order chi connectivity index (χ1) is 20.8. The second-order valence-electron chi connectivity index (χ2n) is 10.3. The van der Waals surface area contributed by atoms with Gasteiger partial charge in [-0.25, -0.2) is 23.1 Å². The third-order valence-electron chi connectivity index (χ3n) is 7.14. The van der Waals surface area contributed by atoms with E-state index in [-0.39, 0.29) is 18.6 Å². The Labute approximate surface area is 252 Å². The number of hydrogen-bond donors (Lipinski definition) is 3. The second-order valence-corrected chi connectivity index (χ2v) is 11.1. The molecule has 224 valence electrons. The van der Waals surface area contributed by atoms with Crippen LogP contribution in [-0.2, 0) is 24.4 Å². The Bertz CT molecular complexity index is 1530. The maximum atomic E-state index is 14.1. The molecule has 1 fully saturated rings. The highest BCUT2D eigenvalue weighted by molar-refractivity contribution is 7.77. The lowest BCUT2D eigenvalue weighted by Gasteiger charge is -2.38. The number of anilines is 2. The van der Waals surface area contributed by atoms with Crippen LogP contribution in [0.15, 0.2) is 85.2 Å². The average Bonchev–Trinajstić information content (AvgIpc) is 3.00. The molecule has 3 heterocycles. The molecule has 1 aliphatic rings. The van der Waals surface area contributed by atoms with E-state index in [1.807, 2.05) is 37.3 Å². The molecule has 10 nitrogen and oxygen atoms in total. The van der Waals surface area contributed by atoms with Gasteiger partial charge in [0.1, 0.15) is 11.6 Å².